The topological polar surface area (TPSA) is 50.9 Å². The number of nitrogens with zero attached hydrogens (tertiary/aromatic N) is 3. The van der Waals surface area contributed by atoms with Crippen molar-refractivity contribution >= 4 is 11.8 Å². The van der Waals surface area contributed by atoms with E-state index in [0.29, 0.717) is 10.5 Å². The fraction of sp³-hybridized carbons (Fsp3) is 0.467. The zero-order chi connectivity index (χ0) is 14.8. The Morgan fingerprint density at radius 1 is 1.29 bits per heavy atom. The molecular formula is C15H18FN3OS. The SMILES string of the molecule is CC(O)c1c(F)cccc1Sc1nnc2n1CCCCC2. The highest BCUT2D eigenvalue weighted by Gasteiger charge is 2.19. The molecule has 21 heavy (non-hydrogen) atoms. The van der Waals surface area contributed by atoms with Crippen molar-refractivity contribution in [3.63, 3.8) is 0 Å². The van der Waals surface area contributed by atoms with Crippen LogP contribution < -0.4 is 0 Å². The van der Waals surface area contributed by atoms with Crippen LogP contribution in [-0.4, -0.2) is 19.9 Å². The third kappa shape index (κ3) is 2.96. The summed E-state index contributed by atoms with van der Waals surface area (Å²) >= 11 is 1.38. The molecule has 0 radical (unpaired) electrons. The molecule has 1 aromatic heterocycles. The minimum atomic E-state index is -0.847. The first-order valence-corrected chi connectivity index (χ1v) is 8.05. The lowest BCUT2D eigenvalue weighted by molar-refractivity contribution is 0.191. The van der Waals surface area contributed by atoms with Gasteiger partial charge in [-0.2, -0.15) is 0 Å². The lowest BCUT2D eigenvalue weighted by atomic mass is 10.1. The first-order valence-electron chi connectivity index (χ1n) is 7.23. The van der Waals surface area contributed by atoms with E-state index < -0.39 is 6.10 Å². The molecule has 1 aliphatic rings. The highest BCUT2D eigenvalue weighted by atomic mass is 32.2. The molecule has 2 heterocycles. The van der Waals surface area contributed by atoms with E-state index in [4.69, 9.17) is 0 Å². The smallest absolute Gasteiger partial charge is 0.196 e. The van der Waals surface area contributed by atoms with Crippen LogP contribution in [0.15, 0.2) is 28.3 Å². The maximum absolute atomic E-state index is 13.9. The number of benzene rings is 1. The molecule has 0 spiro atoms. The Morgan fingerprint density at radius 2 is 2.14 bits per heavy atom. The molecule has 0 bridgehead atoms. The van der Waals surface area contributed by atoms with E-state index >= 15 is 0 Å². The lowest BCUT2D eigenvalue weighted by Crippen LogP contribution is -2.03. The van der Waals surface area contributed by atoms with Crippen molar-refractivity contribution in [1.29, 1.82) is 0 Å². The summed E-state index contributed by atoms with van der Waals surface area (Å²) in [6.45, 7) is 2.48. The van der Waals surface area contributed by atoms with E-state index in [-0.39, 0.29) is 5.82 Å². The molecule has 2 aromatic rings. The van der Waals surface area contributed by atoms with Crippen molar-refractivity contribution in [2.45, 2.75) is 55.3 Å². The molecular weight excluding hydrogens is 289 g/mol. The zero-order valence-corrected chi connectivity index (χ0v) is 12.7. The monoisotopic (exact) mass is 307 g/mol. The van der Waals surface area contributed by atoms with Crippen LogP contribution in [0.25, 0.3) is 0 Å². The Labute approximate surface area is 127 Å². The summed E-state index contributed by atoms with van der Waals surface area (Å²) in [6, 6.07) is 4.84. The van der Waals surface area contributed by atoms with Gasteiger partial charge in [0, 0.05) is 23.4 Å². The second-order valence-electron chi connectivity index (χ2n) is 5.29. The maximum Gasteiger partial charge on any atom is 0.196 e. The van der Waals surface area contributed by atoms with Crippen LogP contribution >= 0.6 is 11.8 Å². The second kappa shape index (κ2) is 6.15. The molecule has 1 N–H and O–H groups in total. The van der Waals surface area contributed by atoms with E-state index in [1.54, 1.807) is 13.0 Å². The summed E-state index contributed by atoms with van der Waals surface area (Å²) in [7, 11) is 0. The molecule has 6 heteroatoms. The van der Waals surface area contributed by atoms with Crippen LogP contribution in [0, 0.1) is 5.82 Å². The van der Waals surface area contributed by atoms with Gasteiger partial charge in [-0.15, -0.1) is 10.2 Å². The third-order valence-electron chi connectivity index (χ3n) is 3.71. The van der Waals surface area contributed by atoms with Crippen molar-refractivity contribution in [1.82, 2.24) is 14.8 Å². The first kappa shape index (κ1) is 14.5. The molecule has 1 aliphatic heterocycles. The van der Waals surface area contributed by atoms with Gasteiger partial charge in [0.2, 0.25) is 0 Å². The van der Waals surface area contributed by atoms with Crippen LogP contribution in [-0.2, 0) is 13.0 Å². The van der Waals surface area contributed by atoms with E-state index in [2.05, 4.69) is 14.8 Å². The number of hydrogen-bond donors (Lipinski definition) is 1. The quantitative estimate of drug-likeness (QED) is 0.945. The summed E-state index contributed by atoms with van der Waals surface area (Å²) in [4.78, 5) is 0.699. The van der Waals surface area contributed by atoms with Gasteiger partial charge in [-0.25, -0.2) is 4.39 Å². The van der Waals surface area contributed by atoms with E-state index in [1.165, 1.54) is 24.2 Å². The summed E-state index contributed by atoms with van der Waals surface area (Å²) in [5.74, 6) is 0.621. The van der Waals surface area contributed by atoms with Crippen LogP contribution in [0.5, 0.6) is 0 Å². The van der Waals surface area contributed by atoms with Crippen molar-refractivity contribution in [2.24, 2.45) is 0 Å². The lowest BCUT2D eigenvalue weighted by Gasteiger charge is -2.13. The predicted molar refractivity (Wildman–Crippen MR) is 78.7 cm³/mol. The maximum atomic E-state index is 13.9. The molecule has 0 amide bonds. The molecule has 0 saturated carbocycles. The predicted octanol–water partition coefficient (Wildman–Crippen LogP) is 3.35. The molecule has 0 fully saturated rings. The number of aliphatic hydroxyl groups is 1. The van der Waals surface area contributed by atoms with Gasteiger partial charge in [-0.1, -0.05) is 12.5 Å². The zero-order valence-electron chi connectivity index (χ0n) is 11.9. The van der Waals surface area contributed by atoms with Gasteiger partial charge in [-0.3, -0.25) is 0 Å². The fourth-order valence-electron chi connectivity index (χ4n) is 2.64. The van der Waals surface area contributed by atoms with Crippen LogP contribution in [0.2, 0.25) is 0 Å². The molecule has 0 aliphatic carbocycles. The Morgan fingerprint density at radius 3 is 2.95 bits per heavy atom. The Hall–Kier alpha value is -1.40. The average molecular weight is 307 g/mol. The van der Waals surface area contributed by atoms with Crippen molar-refractivity contribution in [2.75, 3.05) is 0 Å². The van der Waals surface area contributed by atoms with Gasteiger partial charge in [0.15, 0.2) is 5.16 Å². The Kier molecular flexibility index (Phi) is 4.26. The van der Waals surface area contributed by atoms with E-state index in [0.717, 1.165) is 36.8 Å². The number of aliphatic hydroxyl groups excluding tert-OH is 1. The number of fused-ring (bicyclic) bond motifs is 1. The molecule has 1 aromatic carbocycles. The second-order valence-corrected chi connectivity index (χ2v) is 6.30. The minimum Gasteiger partial charge on any atom is -0.389 e. The van der Waals surface area contributed by atoms with Gasteiger partial charge < -0.3 is 9.67 Å². The van der Waals surface area contributed by atoms with Crippen molar-refractivity contribution in [3.8, 4) is 0 Å². The summed E-state index contributed by atoms with van der Waals surface area (Å²) < 4.78 is 16.0. The van der Waals surface area contributed by atoms with Crippen molar-refractivity contribution < 1.29 is 9.50 Å². The van der Waals surface area contributed by atoms with Gasteiger partial charge in [-0.05, 0) is 43.7 Å². The van der Waals surface area contributed by atoms with Crippen LogP contribution in [0.3, 0.4) is 0 Å². The number of hydrogen-bond acceptors (Lipinski definition) is 4. The average Bonchev–Trinajstić information content (AvgIpc) is 2.68. The third-order valence-corrected chi connectivity index (χ3v) is 4.77. The molecule has 112 valence electrons. The van der Waals surface area contributed by atoms with Gasteiger partial charge in [0.25, 0.3) is 0 Å². The van der Waals surface area contributed by atoms with Gasteiger partial charge in [0.1, 0.15) is 11.6 Å². The van der Waals surface area contributed by atoms with Gasteiger partial charge >= 0.3 is 0 Å². The van der Waals surface area contributed by atoms with Crippen LogP contribution in [0.1, 0.15) is 43.7 Å². The molecule has 4 nitrogen and oxygen atoms in total. The van der Waals surface area contributed by atoms with Crippen molar-refractivity contribution in [3.05, 3.63) is 35.4 Å². The molecule has 1 atom stereocenters. The Balaban J connectivity index is 1.95. The Bertz CT molecular complexity index is 642. The van der Waals surface area contributed by atoms with Gasteiger partial charge in [0.05, 0.1) is 6.10 Å². The summed E-state index contributed by atoms with van der Waals surface area (Å²) in [5.41, 5.74) is 0.327. The molecule has 1 unspecified atom stereocenters. The largest absolute Gasteiger partial charge is 0.389 e. The van der Waals surface area contributed by atoms with E-state index in [9.17, 15) is 9.50 Å². The summed E-state index contributed by atoms with van der Waals surface area (Å²) in [5, 5.41) is 19.1. The molecule has 3 rings (SSSR count). The number of aryl methyl sites for hydroxylation is 1. The first-order chi connectivity index (χ1) is 10.2. The highest BCUT2D eigenvalue weighted by molar-refractivity contribution is 7.99. The van der Waals surface area contributed by atoms with Crippen LogP contribution in [0.4, 0.5) is 4.39 Å². The summed E-state index contributed by atoms with van der Waals surface area (Å²) in [6.07, 6.45) is 3.55. The normalized spacial score (nSPS) is 16.3. The van der Waals surface area contributed by atoms with E-state index in [1.807, 2.05) is 6.07 Å². The number of halogens is 1. The number of aromatic nitrogens is 3. The number of rotatable bonds is 3. The fourth-order valence-corrected chi connectivity index (χ4v) is 3.75. The highest BCUT2D eigenvalue weighted by Crippen LogP contribution is 2.34. The molecule has 0 saturated heterocycles. The standard InChI is InChI=1S/C15H18FN3OS/c1-10(20)14-11(16)6-5-7-12(14)21-15-18-17-13-8-3-2-4-9-19(13)15/h5-7,10,20H,2-4,8-9H2,1H3. The minimum absolute atomic E-state index is 0.327.